The summed E-state index contributed by atoms with van der Waals surface area (Å²) >= 11 is 0. The SMILES string of the molecule is Cc1nc(CN2CC[C@H]3OCc4cnnn4[C@H]3C2)co1. The number of hydrogen-bond donors (Lipinski definition) is 0. The summed E-state index contributed by atoms with van der Waals surface area (Å²) in [5, 5.41) is 8.21. The number of nitrogens with zero attached hydrogens (tertiary/aromatic N) is 5. The van der Waals surface area contributed by atoms with E-state index in [4.69, 9.17) is 9.15 Å². The normalized spacial score (nSPS) is 26.2. The van der Waals surface area contributed by atoms with Crippen molar-refractivity contribution in [2.45, 2.75) is 38.6 Å². The molecule has 0 unspecified atom stereocenters. The van der Waals surface area contributed by atoms with Gasteiger partial charge in [0, 0.05) is 26.6 Å². The molecule has 20 heavy (non-hydrogen) atoms. The zero-order chi connectivity index (χ0) is 13.5. The zero-order valence-corrected chi connectivity index (χ0v) is 11.4. The van der Waals surface area contributed by atoms with Crippen molar-refractivity contribution in [1.82, 2.24) is 24.9 Å². The first kappa shape index (κ1) is 12.0. The summed E-state index contributed by atoms with van der Waals surface area (Å²) in [6.45, 7) is 5.22. The van der Waals surface area contributed by atoms with Gasteiger partial charge in [0.15, 0.2) is 5.89 Å². The third kappa shape index (κ3) is 2.03. The predicted molar refractivity (Wildman–Crippen MR) is 68.8 cm³/mol. The van der Waals surface area contributed by atoms with Gasteiger partial charge in [0.2, 0.25) is 0 Å². The van der Waals surface area contributed by atoms with Crippen molar-refractivity contribution in [2.75, 3.05) is 13.1 Å². The maximum absolute atomic E-state index is 5.91. The van der Waals surface area contributed by atoms with Gasteiger partial charge in [-0.15, -0.1) is 5.10 Å². The minimum atomic E-state index is 0.250. The Morgan fingerprint density at radius 2 is 2.40 bits per heavy atom. The topological polar surface area (TPSA) is 69.2 Å². The number of hydrogen-bond acceptors (Lipinski definition) is 6. The quantitative estimate of drug-likeness (QED) is 0.811. The molecule has 1 fully saturated rings. The molecule has 0 radical (unpaired) electrons. The second-order valence-electron chi connectivity index (χ2n) is 5.47. The molecule has 2 atom stereocenters. The van der Waals surface area contributed by atoms with E-state index >= 15 is 0 Å². The minimum Gasteiger partial charge on any atom is -0.449 e. The van der Waals surface area contributed by atoms with Gasteiger partial charge in [-0.25, -0.2) is 9.67 Å². The molecule has 2 aromatic heterocycles. The number of oxazole rings is 1. The van der Waals surface area contributed by atoms with Crippen molar-refractivity contribution >= 4 is 0 Å². The van der Waals surface area contributed by atoms with E-state index in [1.54, 1.807) is 12.5 Å². The van der Waals surface area contributed by atoms with Gasteiger partial charge >= 0.3 is 0 Å². The standard InChI is InChI=1S/C13H17N5O2/c1-9-15-10(7-19-9)5-17-3-2-13-12(6-17)18-11(8-20-13)4-14-16-18/h4,7,12-13H,2-3,5-6,8H2,1H3/t12-,13+/m0/s1. The van der Waals surface area contributed by atoms with Gasteiger partial charge in [-0.05, 0) is 6.42 Å². The molecular formula is C13H17N5O2. The van der Waals surface area contributed by atoms with Gasteiger partial charge in [-0.3, -0.25) is 4.90 Å². The first-order valence-corrected chi connectivity index (χ1v) is 6.93. The third-order valence-corrected chi connectivity index (χ3v) is 4.06. The van der Waals surface area contributed by atoms with Crippen LogP contribution in [0.1, 0.15) is 29.7 Å². The molecule has 2 aliphatic heterocycles. The molecule has 7 heteroatoms. The maximum Gasteiger partial charge on any atom is 0.191 e. The zero-order valence-electron chi connectivity index (χ0n) is 11.4. The van der Waals surface area contributed by atoms with E-state index in [-0.39, 0.29) is 12.1 Å². The molecule has 0 bridgehead atoms. The summed E-state index contributed by atoms with van der Waals surface area (Å²) in [5.41, 5.74) is 2.04. The molecule has 0 saturated carbocycles. The highest BCUT2D eigenvalue weighted by Crippen LogP contribution is 2.30. The average molecular weight is 275 g/mol. The Kier molecular flexibility index (Phi) is 2.82. The summed E-state index contributed by atoms with van der Waals surface area (Å²) in [7, 11) is 0. The van der Waals surface area contributed by atoms with E-state index in [2.05, 4.69) is 20.2 Å². The van der Waals surface area contributed by atoms with Crippen LogP contribution in [0.5, 0.6) is 0 Å². The highest BCUT2D eigenvalue weighted by Gasteiger charge is 2.36. The molecule has 0 amide bonds. The highest BCUT2D eigenvalue weighted by atomic mass is 16.5. The Morgan fingerprint density at radius 3 is 3.25 bits per heavy atom. The number of rotatable bonds is 2. The fourth-order valence-corrected chi connectivity index (χ4v) is 3.10. The van der Waals surface area contributed by atoms with Crippen LogP contribution < -0.4 is 0 Å². The van der Waals surface area contributed by atoms with Crippen molar-refractivity contribution in [2.24, 2.45) is 0 Å². The van der Waals surface area contributed by atoms with E-state index in [1.807, 2.05) is 11.6 Å². The second kappa shape index (κ2) is 4.68. The monoisotopic (exact) mass is 275 g/mol. The van der Waals surface area contributed by atoms with Crippen LogP contribution in [-0.2, 0) is 17.9 Å². The number of ether oxygens (including phenoxy) is 1. The lowest BCUT2D eigenvalue weighted by Gasteiger charge is -2.40. The van der Waals surface area contributed by atoms with Gasteiger partial charge < -0.3 is 9.15 Å². The van der Waals surface area contributed by atoms with E-state index in [0.29, 0.717) is 6.61 Å². The summed E-state index contributed by atoms with van der Waals surface area (Å²) < 4.78 is 13.2. The van der Waals surface area contributed by atoms with Crippen molar-refractivity contribution in [3.63, 3.8) is 0 Å². The predicted octanol–water partition coefficient (Wildman–Crippen LogP) is 0.920. The van der Waals surface area contributed by atoms with Gasteiger partial charge in [-0.2, -0.15) is 0 Å². The highest BCUT2D eigenvalue weighted by molar-refractivity contribution is 5.02. The van der Waals surface area contributed by atoms with Crippen LogP contribution >= 0.6 is 0 Å². The molecule has 4 heterocycles. The second-order valence-corrected chi connectivity index (χ2v) is 5.47. The molecule has 0 aromatic carbocycles. The first-order valence-electron chi connectivity index (χ1n) is 6.93. The smallest absolute Gasteiger partial charge is 0.191 e. The Hall–Kier alpha value is -1.73. The van der Waals surface area contributed by atoms with Crippen LogP contribution in [-0.4, -0.2) is 44.1 Å². The molecule has 0 aliphatic carbocycles. The van der Waals surface area contributed by atoms with Gasteiger partial charge in [0.05, 0.1) is 36.3 Å². The summed E-state index contributed by atoms with van der Waals surface area (Å²) in [5.74, 6) is 0.717. The molecule has 0 spiro atoms. The summed E-state index contributed by atoms with van der Waals surface area (Å²) in [4.78, 5) is 6.74. The van der Waals surface area contributed by atoms with E-state index < -0.39 is 0 Å². The van der Waals surface area contributed by atoms with Gasteiger partial charge in [0.25, 0.3) is 0 Å². The van der Waals surface area contributed by atoms with Crippen molar-refractivity contribution in [1.29, 1.82) is 0 Å². The lowest BCUT2D eigenvalue weighted by atomic mass is 10.0. The van der Waals surface area contributed by atoms with E-state index in [0.717, 1.165) is 43.3 Å². The van der Waals surface area contributed by atoms with Gasteiger partial charge in [-0.1, -0.05) is 5.21 Å². The van der Waals surface area contributed by atoms with E-state index in [1.165, 1.54) is 0 Å². The van der Waals surface area contributed by atoms with Crippen LogP contribution in [0, 0.1) is 6.92 Å². The van der Waals surface area contributed by atoms with Crippen LogP contribution in [0.25, 0.3) is 0 Å². The Bertz CT molecular complexity index is 607. The molecule has 1 saturated heterocycles. The number of fused-ring (bicyclic) bond motifs is 3. The molecule has 7 nitrogen and oxygen atoms in total. The third-order valence-electron chi connectivity index (χ3n) is 4.06. The molecular weight excluding hydrogens is 258 g/mol. The lowest BCUT2D eigenvalue weighted by molar-refractivity contribution is -0.0671. The van der Waals surface area contributed by atoms with Crippen molar-refractivity contribution in [3.05, 3.63) is 29.7 Å². The van der Waals surface area contributed by atoms with Crippen molar-refractivity contribution < 1.29 is 9.15 Å². The Labute approximate surface area is 116 Å². The Morgan fingerprint density at radius 1 is 1.45 bits per heavy atom. The van der Waals surface area contributed by atoms with Crippen LogP contribution in [0.4, 0.5) is 0 Å². The number of aromatic nitrogens is 4. The summed E-state index contributed by atoms with van der Waals surface area (Å²) in [6, 6.07) is 0.253. The number of aryl methyl sites for hydroxylation is 1. The molecule has 106 valence electrons. The minimum absolute atomic E-state index is 0.250. The maximum atomic E-state index is 5.91. The number of likely N-dealkylation sites (tertiary alicyclic amines) is 1. The molecule has 2 aromatic rings. The molecule has 2 aliphatic rings. The van der Waals surface area contributed by atoms with Crippen LogP contribution in [0.2, 0.25) is 0 Å². The van der Waals surface area contributed by atoms with Crippen LogP contribution in [0.15, 0.2) is 16.9 Å². The molecule has 0 N–H and O–H groups in total. The van der Waals surface area contributed by atoms with Gasteiger partial charge in [0.1, 0.15) is 6.26 Å². The number of piperidine rings is 1. The first-order chi connectivity index (χ1) is 9.79. The lowest BCUT2D eigenvalue weighted by Crippen LogP contribution is -2.47. The summed E-state index contributed by atoms with van der Waals surface area (Å²) in [6.07, 6.45) is 4.79. The van der Waals surface area contributed by atoms with Crippen molar-refractivity contribution in [3.8, 4) is 0 Å². The molecule has 4 rings (SSSR count). The fraction of sp³-hybridized carbons (Fsp3) is 0.615. The van der Waals surface area contributed by atoms with Crippen LogP contribution in [0.3, 0.4) is 0 Å². The fourth-order valence-electron chi connectivity index (χ4n) is 3.10. The average Bonchev–Trinajstić information content (AvgIpc) is 3.07. The Balaban J connectivity index is 1.51. The van der Waals surface area contributed by atoms with E-state index in [9.17, 15) is 0 Å². The largest absolute Gasteiger partial charge is 0.449 e.